The van der Waals surface area contributed by atoms with Gasteiger partial charge < -0.3 is 0 Å². The number of imidazole rings is 1. The van der Waals surface area contributed by atoms with E-state index in [1.54, 1.807) is 0 Å². The molecule has 0 amide bonds. The number of benzene rings is 7. The van der Waals surface area contributed by atoms with Crippen LogP contribution in [0.25, 0.3) is 39.3 Å². The third-order valence-corrected chi connectivity index (χ3v) is 13.2. The maximum Gasteiger partial charge on any atom is 0.145 e. The first-order valence-electron chi connectivity index (χ1n) is 18.8. The molecule has 2 heterocycles. The highest BCUT2D eigenvalue weighted by Crippen LogP contribution is 2.66. The number of thioether (sulfide) groups is 1. The van der Waals surface area contributed by atoms with Gasteiger partial charge in [0, 0.05) is 27.3 Å². The molecule has 3 nitrogen and oxygen atoms in total. The minimum absolute atomic E-state index is 0.170. The van der Waals surface area contributed by atoms with Gasteiger partial charge in [0.15, 0.2) is 0 Å². The molecule has 8 aromatic rings. The number of fused-ring (bicyclic) bond motifs is 7. The summed E-state index contributed by atoms with van der Waals surface area (Å²) in [4.78, 5) is 6.54. The summed E-state index contributed by atoms with van der Waals surface area (Å²) in [5, 5.41) is 9.88. The molecular weight excluding hydrogens is 687 g/mol. The number of nitriles is 1. The number of hydrogen-bond acceptors (Lipinski definition) is 3. The van der Waals surface area contributed by atoms with Crippen molar-refractivity contribution in [2.45, 2.75) is 21.5 Å². The van der Waals surface area contributed by atoms with Gasteiger partial charge in [-0.2, -0.15) is 5.26 Å². The van der Waals surface area contributed by atoms with Gasteiger partial charge in [-0.25, -0.2) is 4.98 Å². The second kappa shape index (κ2) is 12.5. The second-order valence-electron chi connectivity index (χ2n) is 14.5. The van der Waals surface area contributed by atoms with E-state index in [9.17, 15) is 5.26 Å². The third-order valence-electron chi connectivity index (χ3n) is 11.7. The zero-order valence-electron chi connectivity index (χ0n) is 29.8. The summed E-state index contributed by atoms with van der Waals surface area (Å²) in [5.41, 5.74) is 16.0. The summed E-state index contributed by atoms with van der Waals surface area (Å²) in [7, 11) is 0. The van der Waals surface area contributed by atoms with Gasteiger partial charge in [-0.3, -0.25) is 4.57 Å². The molecule has 0 saturated carbocycles. The van der Waals surface area contributed by atoms with E-state index in [0.29, 0.717) is 5.56 Å². The summed E-state index contributed by atoms with van der Waals surface area (Å²) in [6.07, 6.45) is 2.51. The van der Waals surface area contributed by atoms with Gasteiger partial charge in [0.25, 0.3) is 0 Å². The topological polar surface area (TPSA) is 41.6 Å². The van der Waals surface area contributed by atoms with Crippen molar-refractivity contribution in [2.75, 3.05) is 0 Å². The monoisotopic (exact) mass is 719 g/mol. The van der Waals surface area contributed by atoms with Crippen LogP contribution in [-0.2, 0) is 5.41 Å². The van der Waals surface area contributed by atoms with Gasteiger partial charge >= 0.3 is 0 Å². The molecule has 0 fully saturated rings. The van der Waals surface area contributed by atoms with Crippen LogP contribution in [0.5, 0.6) is 0 Å². The predicted molar refractivity (Wildman–Crippen MR) is 224 cm³/mol. The molecule has 7 aromatic carbocycles. The van der Waals surface area contributed by atoms with E-state index in [1.165, 1.54) is 49.4 Å². The predicted octanol–water partition coefficient (Wildman–Crippen LogP) is 12.0. The summed E-state index contributed by atoms with van der Waals surface area (Å²) in [6.45, 7) is 0. The standard InChI is InChI=1S/C51H33N3S/c52-32-33-23-25-34(26-24-33)41-31-43-47(48-40-18-8-12-22-46(40)55-49(41)48)39-17-7-9-19-42(39)51(43,36-13-3-1-4-14-36)37-29-27-35(28-30-37)50-53-44-20-10-11-21-45(44)54(50)38-15-5-2-6-16-38/h1-31,48-49H. The van der Waals surface area contributed by atoms with Gasteiger partial charge in [-0.05, 0) is 92.6 Å². The molecule has 0 N–H and O–H groups in total. The first-order chi connectivity index (χ1) is 27.2. The fraction of sp³-hybridized carbons (Fsp3) is 0.0588. The second-order valence-corrected chi connectivity index (χ2v) is 15.7. The fourth-order valence-corrected chi connectivity index (χ4v) is 11.0. The molecule has 11 rings (SSSR count). The molecule has 0 bridgehead atoms. The van der Waals surface area contributed by atoms with Crippen molar-refractivity contribution < 1.29 is 0 Å². The van der Waals surface area contributed by atoms with Crippen LogP contribution in [0.15, 0.2) is 199 Å². The van der Waals surface area contributed by atoms with Crippen molar-refractivity contribution in [1.29, 1.82) is 5.26 Å². The number of aromatic nitrogens is 2. The minimum atomic E-state index is -0.573. The lowest BCUT2D eigenvalue weighted by Gasteiger charge is -2.38. The van der Waals surface area contributed by atoms with Gasteiger partial charge in [0.1, 0.15) is 5.82 Å². The first kappa shape index (κ1) is 31.8. The van der Waals surface area contributed by atoms with Crippen LogP contribution in [0.2, 0.25) is 0 Å². The Morgan fingerprint density at radius 3 is 2.07 bits per heavy atom. The summed E-state index contributed by atoms with van der Waals surface area (Å²) in [5.74, 6) is 1.09. The summed E-state index contributed by atoms with van der Waals surface area (Å²) >= 11 is 1.97. The molecule has 3 unspecified atom stereocenters. The minimum Gasteiger partial charge on any atom is -0.292 e. The van der Waals surface area contributed by atoms with E-state index in [-0.39, 0.29) is 11.2 Å². The number of rotatable bonds is 5. The Morgan fingerprint density at radius 2 is 1.27 bits per heavy atom. The Morgan fingerprint density at radius 1 is 0.618 bits per heavy atom. The van der Waals surface area contributed by atoms with Gasteiger partial charge in [0.05, 0.1) is 28.1 Å². The Hall–Kier alpha value is -6.67. The van der Waals surface area contributed by atoms with Crippen LogP contribution in [0.1, 0.15) is 44.9 Å². The van der Waals surface area contributed by atoms with Crippen LogP contribution in [0.3, 0.4) is 0 Å². The quantitative estimate of drug-likeness (QED) is 0.178. The smallest absolute Gasteiger partial charge is 0.145 e. The lowest BCUT2D eigenvalue weighted by molar-refractivity contribution is 0.754. The molecule has 3 atom stereocenters. The molecule has 3 aliphatic rings. The molecule has 1 aliphatic heterocycles. The number of hydrogen-bond donors (Lipinski definition) is 0. The highest BCUT2D eigenvalue weighted by Gasteiger charge is 2.53. The number of nitrogens with zero attached hydrogens (tertiary/aromatic N) is 3. The lowest BCUT2D eigenvalue weighted by Crippen LogP contribution is -2.31. The summed E-state index contributed by atoms with van der Waals surface area (Å²) < 4.78 is 2.27. The first-order valence-corrected chi connectivity index (χ1v) is 19.6. The molecule has 4 heteroatoms. The van der Waals surface area contributed by atoms with Crippen molar-refractivity contribution in [1.82, 2.24) is 9.55 Å². The normalized spacial score (nSPS) is 19.3. The highest BCUT2D eigenvalue weighted by molar-refractivity contribution is 8.00. The molecular formula is C51H33N3S. The van der Waals surface area contributed by atoms with Crippen molar-refractivity contribution in [2.24, 2.45) is 0 Å². The van der Waals surface area contributed by atoms with Gasteiger partial charge in [-0.1, -0.05) is 146 Å². The van der Waals surface area contributed by atoms with Crippen LogP contribution < -0.4 is 0 Å². The fourth-order valence-electron chi connectivity index (χ4n) is 9.45. The Balaban J connectivity index is 1.17. The van der Waals surface area contributed by atoms with Crippen LogP contribution in [0, 0.1) is 11.3 Å². The Labute approximate surface area is 324 Å². The van der Waals surface area contributed by atoms with Crippen molar-refractivity contribution in [3.63, 3.8) is 0 Å². The Kier molecular flexibility index (Phi) is 7.20. The molecule has 55 heavy (non-hydrogen) atoms. The van der Waals surface area contributed by atoms with Crippen LogP contribution >= 0.6 is 11.8 Å². The maximum absolute atomic E-state index is 9.67. The van der Waals surface area contributed by atoms with E-state index in [0.717, 1.165) is 33.7 Å². The number of allylic oxidation sites excluding steroid dienone is 3. The average molecular weight is 720 g/mol. The van der Waals surface area contributed by atoms with E-state index in [2.05, 4.69) is 187 Å². The third kappa shape index (κ3) is 4.67. The zero-order valence-corrected chi connectivity index (χ0v) is 30.6. The lowest BCUT2D eigenvalue weighted by atomic mass is 9.64. The molecule has 0 spiro atoms. The largest absolute Gasteiger partial charge is 0.292 e. The maximum atomic E-state index is 9.67. The van der Waals surface area contributed by atoms with Crippen molar-refractivity contribution in [3.05, 3.63) is 233 Å². The van der Waals surface area contributed by atoms with E-state index in [1.807, 2.05) is 23.9 Å². The van der Waals surface area contributed by atoms with E-state index >= 15 is 0 Å². The number of para-hydroxylation sites is 3. The van der Waals surface area contributed by atoms with Crippen molar-refractivity contribution in [3.8, 4) is 23.1 Å². The summed E-state index contributed by atoms with van der Waals surface area (Å²) in [6, 6.07) is 67.7. The van der Waals surface area contributed by atoms with E-state index < -0.39 is 5.41 Å². The van der Waals surface area contributed by atoms with Crippen LogP contribution in [0.4, 0.5) is 0 Å². The van der Waals surface area contributed by atoms with E-state index in [4.69, 9.17) is 4.98 Å². The molecule has 258 valence electrons. The van der Waals surface area contributed by atoms with Gasteiger partial charge in [-0.15, -0.1) is 11.8 Å². The molecule has 1 aromatic heterocycles. The SMILES string of the molecule is N#Cc1ccc(C2=CC3=C(c4ccccc4C3(c3ccccc3)c3ccc(-c4nc5ccccc5n4-c4ccccc4)cc3)C3c4ccccc4SC23)cc1. The van der Waals surface area contributed by atoms with Gasteiger partial charge in [0.2, 0.25) is 0 Å². The molecule has 2 aliphatic carbocycles. The molecule has 0 radical (unpaired) electrons. The van der Waals surface area contributed by atoms with Crippen molar-refractivity contribution >= 4 is 33.9 Å². The average Bonchev–Trinajstić information content (AvgIpc) is 3.93. The molecule has 0 saturated heterocycles. The van der Waals surface area contributed by atoms with Crippen LogP contribution in [-0.4, -0.2) is 14.8 Å². The highest BCUT2D eigenvalue weighted by atomic mass is 32.2. The zero-order chi connectivity index (χ0) is 36.5. The Bertz CT molecular complexity index is 2900.